The number of methoxy groups -OCH3 is 1. The topological polar surface area (TPSA) is 18.5 Å². The highest BCUT2D eigenvalue weighted by atomic mass is 31.2. The lowest BCUT2D eigenvalue weighted by atomic mass is 10.2. The largest absolute Gasteiger partial charge is 0.491 e. The van der Waals surface area contributed by atoms with Crippen LogP contribution in [0, 0.1) is 0 Å². The molecule has 0 aliphatic heterocycles. The van der Waals surface area contributed by atoms with E-state index in [0.29, 0.717) is 13.2 Å². The molecule has 0 N–H and O–H groups in total. The summed E-state index contributed by atoms with van der Waals surface area (Å²) >= 11 is 0. The molecule has 156 valence electrons. The van der Waals surface area contributed by atoms with Crippen LogP contribution >= 0.6 is 7.26 Å². The van der Waals surface area contributed by atoms with Gasteiger partial charge in [-0.3, -0.25) is 0 Å². The van der Waals surface area contributed by atoms with Crippen LogP contribution in [-0.4, -0.2) is 20.3 Å². The van der Waals surface area contributed by atoms with Gasteiger partial charge in [0.25, 0.3) is 0 Å². The standard InChI is InChI=1S/C28H28O2P/c1-29-21-22-30-28-20-12-11-13-24(28)23-31(25-14-5-2-6-15-25,26-16-7-3-8-17-26)27-18-9-4-10-19-27/h2-20H,21-23H2,1H3/q+1. The molecule has 0 radical (unpaired) electrons. The van der Waals surface area contributed by atoms with E-state index in [0.717, 1.165) is 11.9 Å². The van der Waals surface area contributed by atoms with Crippen LogP contribution < -0.4 is 20.7 Å². The summed E-state index contributed by atoms with van der Waals surface area (Å²) < 4.78 is 11.3. The van der Waals surface area contributed by atoms with Crippen molar-refractivity contribution >= 4 is 23.2 Å². The molecule has 4 aromatic carbocycles. The van der Waals surface area contributed by atoms with E-state index >= 15 is 0 Å². The SMILES string of the molecule is COCCOc1ccccc1C[P+](c1ccccc1)(c1ccccc1)c1ccccc1. The highest BCUT2D eigenvalue weighted by Gasteiger charge is 2.45. The van der Waals surface area contributed by atoms with Gasteiger partial charge in [-0.25, -0.2) is 0 Å². The maximum absolute atomic E-state index is 6.12. The van der Waals surface area contributed by atoms with E-state index in [4.69, 9.17) is 9.47 Å². The van der Waals surface area contributed by atoms with Gasteiger partial charge >= 0.3 is 0 Å². The lowest BCUT2D eigenvalue weighted by molar-refractivity contribution is 0.146. The third-order valence-corrected chi connectivity index (χ3v) is 9.87. The molecule has 0 bridgehead atoms. The molecule has 2 nitrogen and oxygen atoms in total. The predicted molar refractivity (Wildman–Crippen MR) is 133 cm³/mol. The van der Waals surface area contributed by atoms with E-state index in [9.17, 15) is 0 Å². The van der Waals surface area contributed by atoms with Gasteiger partial charge in [0.2, 0.25) is 0 Å². The Kier molecular flexibility index (Phi) is 7.14. The normalized spacial score (nSPS) is 11.3. The Labute approximate surface area is 185 Å². The molecular formula is C28H28O2P+. The summed E-state index contributed by atoms with van der Waals surface area (Å²) in [5.41, 5.74) is 1.23. The molecule has 0 amide bonds. The van der Waals surface area contributed by atoms with Crippen LogP contribution in [0.15, 0.2) is 115 Å². The van der Waals surface area contributed by atoms with Crippen molar-refractivity contribution in [3.8, 4) is 5.75 Å². The summed E-state index contributed by atoms with van der Waals surface area (Å²) in [6.07, 6.45) is 0.897. The van der Waals surface area contributed by atoms with E-state index < -0.39 is 7.26 Å². The van der Waals surface area contributed by atoms with Crippen molar-refractivity contribution in [3.05, 3.63) is 121 Å². The van der Waals surface area contributed by atoms with E-state index in [-0.39, 0.29) is 0 Å². The van der Waals surface area contributed by atoms with Crippen molar-refractivity contribution in [2.24, 2.45) is 0 Å². The molecule has 0 spiro atoms. The maximum atomic E-state index is 6.12. The van der Waals surface area contributed by atoms with Gasteiger partial charge in [0, 0.05) is 12.7 Å². The number of hydrogen-bond donors (Lipinski definition) is 0. The Hall–Kier alpha value is -2.93. The molecule has 0 heterocycles. The fourth-order valence-corrected chi connectivity index (χ4v) is 8.29. The minimum absolute atomic E-state index is 0.543. The Morgan fingerprint density at radius 2 is 1.00 bits per heavy atom. The number of rotatable bonds is 9. The maximum Gasteiger partial charge on any atom is 0.126 e. The van der Waals surface area contributed by atoms with Crippen molar-refractivity contribution in [2.75, 3.05) is 20.3 Å². The van der Waals surface area contributed by atoms with Crippen LogP contribution in [-0.2, 0) is 10.9 Å². The van der Waals surface area contributed by atoms with Crippen LogP contribution in [0.25, 0.3) is 0 Å². The summed E-state index contributed by atoms with van der Waals surface area (Å²) in [5.74, 6) is 0.937. The summed E-state index contributed by atoms with van der Waals surface area (Å²) in [5, 5.41) is 4.12. The molecule has 0 fully saturated rings. The number of benzene rings is 4. The first-order valence-corrected chi connectivity index (χ1v) is 12.6. The van der Waals surface area contributed by atoms with Gasteiger partial charge in [0.05, 0.1) is 6.61 Å². The average molecular weight is 428 g/mol. The molecule has 0 aliphatic rings. The van der Waals surface area contributed by atoms with Crippen molar-refractivity contribution < 1.29 is 9.47 Å². The lowest BCUT2D eigenvalue weighted by Gasteiger charge is -2.28. The first-order valence-electron chi connectivity index (χ1n) is 10.6. The van der Waals surface area contributed by atoms with Crippen molar-refractivity contribution in [2.45, 2.75) is 6.16 Å². The first kappa shape index (κ1) is 21.3. The summed E-state index contributed by atoms with van der Waals surface area (Å²) in [6, 6.07) is 41.3. The Morgan fingerprint density at radius 3 is 1.48 bits per heavy atom. The molecule has 4 aromatic rings. The molecule has 0 aromatic heterocycles. The molecule has 0 atom stereocenters. The summed E-state index contributed by atoms with van der Waals surface area (Å²) in [4.78, 5) is 0. The molecule has 3 heteroatoms. The highest BCUT2D eigenvalue weighted by Crippen LogP contribution is 2.58. The highest BCUT2D eigenvalue weighted by molar-refractivity contribution is 7.95. The fourth-order valence-electron chi connectivity index (χ4n) is 4.03. The quantitative estimate of drug-likeness (QED) is 0.270. The average Bonchev–Trinajstić information content (AvgIpc) is 2.85. The van der Waals surface area contributed by atoms with Gasteiger partial charge in [0.1, 0.15) is 41.7 Å². The number of para-hydroxylation sites is 1. The molecule has 4 rings (SSSR count). The van der Waals surface area contributed by atoms with Gasteiger partial charge in [-0.1, -0.05) is 72.8 Å². The third-order valence-electron chi connectivity index (χ3n) is 5.52. The van der Waals surface area contributed by atoms with E-state index in [1.54, 1.807) is 7.11 Å². The number of hydrogen-bond acceptors (Lipinski definition) is 2. The van der Waals surface area contributed by atoms with Crippen LogP contribution in [0.1, 0.15) is 5.56 Å². The molecular weight excluding hydrogens is 399 g/mol. The van der Waals surface area contributed by atoms with Crippen molar-refractivity contribution in [1.82, 2.24) is 0 Å². The van der Waals surface area contributed by atoms with Crippen molar-refractivity contribution in [3.63, 3.8) is 0 Å². The molecule has 0 saturated carbocycles. The van der Waals surface area contributed by atoms with Crippen molar-refractivity contribution in [1.29, 1.82) is 0 Å². The van der Waals surface area contributed by atoms with Gasteiger partial charge in [-0.05, 0) is 42.5 Å². The lowest BCUT2D eigenvalue weighted by Crippen LogP contribution is -2.32. The Bertz CT molecular complexity index is 969. The minimum atomic E-state index is -1.95. The van der Waals surface area contributed by atoms with Gasteiger partial charge in [0.15, 0.2) is 0 Å². The second kappa shape index (κ2) is 10.4. The predicted octanol–water partition coefficient (Wildman–Crippen LogP) is 5.21. The van der Waals surface area contributed by atoms with Gasteiger partial charge in [-0.15, -0.1) is 0 Å². The molecule has 0 unspecified atom stereocenters. The zero-order valence-electron chi connectivity index (χ0n) is 17.9. The third kappa shape index (κ3) is 4.71. The molecule has 0 aliphatic carbocycles. The fraction of sp³-hybridized carbons (Fsp3) is 0.143. The van der Waals surface area contributed by atoms with Crippen LogP contribution in [0.5, 0.6) is 5.75 Å². The van der Waals surface area contributed by atoms with Crippen LogP contribution in [0.2, 0.25) is 0 Å². The Morgan fingerprint density at radius 1 is 0.548 bits per heavy atom. The second-order valence-electron chi connectivity index (χ2n) is 7.42. The Balaban J connectivity index is 1.90. The van der Waals surface area contributed by atoms with Crippen LogP contribution in [0.3, 0.4) is 0 Å². The summed E-state index contributed by atoms with van der Waals surface area (Å²) in [7, 11) is -0.252. The zero-order valence-corrected chi connectivity index (χ0v) is 18.7. The molecule has 31 heavy (non-hydrogen) atoms. The first-order chi connectivity index (χ1) is 15.3. The second-order valence-corrected chi connectivity index (χ2v) is 10.9. The molecule has 0 saturated heterocycles. The number of ether oxygens (including phenoxy) is 2. The smallest absolute Gasteiger partial charge is 0.126 e. The van der Waals surface area contributed by atoms with Gasteiger partial charge < -0.3 is 9.47 Å². The van der Waals surface area contributed by atoms with E-state index in [2.05, 4.69) is 109 Å². The van der Waals surface area contributed by atoms with E-state index in [1.807, 2.05) is 6.07 Å². The minimum Gasteiger partial charge on any atom is -0.491 e. The van der Waals surface area contributed by atoms with E-state index in [1.165, 1.54) is 21.5 Å². The zero-order chi connectivity index (χ0) is 21.4. The van der Waals surface area contributed by atoms with Gasteiger partial charge in [-0.2, -0.15) is 0 Å². The monoisotopic (exact) mass is 427 g/mol. The summed E-state index contributed by atoms with van der Waals surface area (Å²) in [6.45, 7) is 1.12. The van der Waals surface area contributed by atoms with Crippen LogP contribution in [0.4, 0.5) is 0 Å².